The van der Waals surface area contributed by atoms with Gasteiger partial charge in [0, 0.05) is 18.6 Å². The van der Waals surface area contributed by atoms with Crippen LogP contribution >= 0.6 is 11.6 Å². The fraction of sp³-hybridized carbons (Fsp3) is 0.259. The summed E-state index contributed by atoms with van der Waals surface area (Å²) in [5, 5.41) is 3.07. The number of benzene rings is 3. The van der Waals surface area contributed by atoms with Crippen molar-refractivity contribution in [2.75, 3.05) is 17.9 Å². The molecule has 0 unspecified atom stereocenters. The summed E-state index contributed by atoms with van der Waals surface area (Å²) >= 11 is 6.12. The third kappa shape index (κ3) is 6.25. The van der Waals surface area contributed by atoms with Crippen molar-refractivity contribution in [2.45, 2.75) is 37.8 Å². The normalized spacial score (nSPS) is 12.0. The zero-order chi connectivity index (χ0) is 26.3. The van der Waals surface area contributed by atoms with Crippen molar-refractivity contribution in [3.8, 4) is 0 Å². The molecule has 0 aliphatic heterocycles. The highest BCUT2D eigenvalue weighted by Gasteiger charge is 2.33. The summed E-state index contributed by atoms with van der Waals surface area (Å²) < 4.78 is 28.6. The molecule has 3 rings (SSSR count). The number of hydrogen-bond acceptors (Lipinski definition) is 4. The van der Waals surface area contributed by atoms with E-state index < -0.39 is 28.5 Å². The smallest absolute Gasteiger partial charge is 0.264 e. The maximum Gasteiger partial charge on any atom is 0.264 e. The average molecular weight is 528 g/mol. The lowest BCUT2D eigenvalue weighted by Crippen LogP contribution is -2.51. The number of rotatable bonds is 10. The van der Waals surface area contributed by atoms with Crippen molar-refractivity contribution in [3.05, 3.63) is 95.0 Å². The number of carbonyl (C=O) groups excluding carboxylic acids is 2. The van der Waals surface area contributed by atoms with E-state index in [4.69, 9.17) is 11.6 Å². The number of carbonyl (C=O) groups is 2. The summed E-state index contributed by atoms with van der Waals surface area (Å²) in [6.45, 7) is 3.22. The highest BCUT2D eigenvalue weighted by atomic mass is 35.5. The highest BCUT2D eigenvalue weighted by Crippen LogP contribution is 2.29. The van der Waals surface area contributed by atoms with Crippen LogP contribution in [-0.2, 0) is 26.2 Å². The molecule has 0 aliphatic rings. The largest absolute Gasteiger partial charge is 0.357 e. The minimum atomic E-state index is -4.11. The molecule has 2 amide bonds. The van der Waals surface area contributed by atoms with Crippen molar-refractivity contribution >= 4 is 39.1 Å². The summed E-state index contributed by atoms with van der Waals surface area (Å²) in [5.41, 5.74) is 1.76. The second-order valence-electron chi connectivity index (χ2n) is 8.30. The number of likely N-dealkylation sites (N-methyl/N-ethyl adjacent to an activating group) is 1. The van der Waals surface area contributed by atoms with Gasteiger partial charge in [-0.15, -0.1) is 0 Å². The number of sulfonamides is 1. The summed E-state index contributed by atoms with van der Waals surface area (Å²) in [6, 6.07) is 21.3. The van der Waals surface area contributed by atoms with Crippen molar-refractivity contribution in [2.24, 2.45) is 0 Å². The predicted octanol–water partition coefficient (Wildman–Crippen LogP) is 4.40. The number of anilines is 1. The molecule has 0 fully saturated rings. The molecule has 0 aliphatic carbocycles. The first-order chi connectivity index (χ1) is 17.2. The van der Waals surface area contributed by atoms with Gasteiger partial charge in [0.2, 0.25) is 11.8 Å². The molecule has 3 aromatic rings. The fourth-order valence-corrected chi connectivity index (χ4v) is 5.72. The molecule has 0 saturated heterocycles. The van der Waals surface area contributed by atoms with Gasteiger partial charge in [0.1, 0.15) is 12.6 Å². The van der Waals surface area contributed by atoms with Crippen molar-refractivity contribution < 1.29 is 18.0 Å². The van der Waals surface area contributed by atoms with E-state index >= 15 is 0 Å². The van der Waals surface area contributed by atoms with E-state index in [-0.39, 0.29) is 17.3 Å². The summed E-state index contributed by atoms with van der Waals surface area (Å²) in [7, 11) is -2.59. The van der Waals surface area contributed by atoms with Gasteiger partial charge in [0.25, 0.3) is 10.0 Å². The number of halogens is 1. The standard InChI is InChI=1S/C27H30ClN3O4S/c1-4-24(27(33)29-3)30(18-21-11-7-5-8-12-21)26(32)19-31(25-16-15-22(28)17-20(25)2)36(34,35)23-13-9-6-10-14-23/h5-17,24H,4,18-19H2,1-3H3,(H,29,33)/t24-/m1/s1. The van der Waals surface area contributed by atoms with Crippen LogP contribution in [0.2, 0.25) is 5.02 Å². The van der Waals surface area contributed by atoms with Gasteiger partial charge in [-0.25, -0.2) is 8.42 Å². The van der Waals surface area contributed by atoms with Gasteiger partial charge >= 0.3 is 0 Å². The van der Waals surface area contributed by atoms with Crippen LogP contribution in [0.4, 0.5) is 5.69 Å². The van der Waals surface area contributed by atoms with E-state index in [9.17, 15) is 18.0 Å². The molecule has 9 heteroatoms. The van der Waals surface area contributed by atoms with E-state index in [1.807, 2.05) is 37.3 Å². The van der Waals surface area contributed by atoms with Crippen LogP contribution in [0.15, 0.2) is 83.8 Å². The second-order valence-corrected chi connectivity index (χ2v) is 10.6. The number of aryl methyl sites for hydroxylation is 1. The maximum absolute atomic E-state index is 13.8. The minimum absolute atomic E-state index is 0.0557. The predicted molar refractivity (Wildman–Crippen MR) is 142 cm³/mol. The first kappa shape index (κ1) is 27.2. The third-order valence-electron chi connectivity index (χ3n) is 5.87. The molecule has 190 valence electrons. The lowest BCUT2D eigenvalue weighted by molar-refractivity contribution is -0.140. The van der Waals surface area contributed by atoms with E-state index in [0.29, 0.717) is 22.7 Å². The molecule has 1 atom stereocenters. The van der Waals surface area contributed by atoms with E-state index in [2.05, 4.69) is 5.32 Å². The summed E-state index contributed by atoms with van der Waals surface area (Å²) in [5.74, 6) is -0.815. The van der Waals surface area contributed by atoms with Crippen LogP contribution in [0.5, 0.6) is 0 Å². The lowest BCUT2D eigenvalue weighted by atomic mass is 10.1. The topological polar surface area (TPSA) is 86.8 Å². The van der Waals surface area contributed by atoms with E-state index in [1.165, 1.54) is 24.1 Å². The molecule has 1 N–H and O–H groups in total. The van der Waals surface area contributed by atoms with Crippen molar-refractivity contribution in [3.63, 3.8) is 0 Å². The molecule has 0 saturated carbocycles. The van der Waals surface area contributed by atoms with Crippen LogP contribution in [0.1, 0.15) is 24.5 Å². The van der Waals surface area contributed by atoms with E-state index in [1.54, 1.807) is 43.3 Å². The Morgan fingerprint density at radius 3 is 2.14 bits per heavy atom. The highest BCUT2D eigenvalue weighted by molar-refractivity contribution is 7.92. The SMILES string of the molecule is CC[C@H](C(=O)NC)N(Cc1ccccc1)C(=O)CN(c1ccc(Cl)cc1C)S(=O)(=O)c1ccccc1. The number of nitrogens with zero attached hydrogens (tertiary/aromatic N) is 2. The van der Waals surface area contributed by atoms with Gasteiger partial charge in [-0.05, 0) is 54.8 Å². The zero-order valence-electron chi connectivity index (χ0n) is 20.5. The third-order valence-corrected chi connectivity index (χ3v) is 7.87. The Kier molecular flexibility index (Phi) is 9.12. The molecule has 0 aromatic heterocycles. The Morgan fingerprint density at radius 1 is 0.972 bits per heavy atom. The number of hydrogen-bond donors (Lipinski definition) is 1. The van der Waals surface area contributed by atoms with Gasteiger partial charge in [0.15, 0.2) is 0 Å². The van der Waals surface area contributed by atoms with Gasteiger partial charge in [-0.2, -0.15) is 0 Å². The van der Waals surface area contributed by atoms with Crippen LogP contribution < -0.4 is 9.62 Å². The Bertz CT molecular complexity index is 1300. The Morgan fingerprint density at radius 2 is 1.58 bits per heavy atom. The molecule has 36 heavy (non-hydrogen) atoms. The van der Waals surface area contributed by atoms with Crippen LogP contribution in [0.25, 0.3) is 0 Å². The van der Waals surface area contributed by atoms with Crippen molar-refractivity contribution in [1.82, 2.24) is 10.2 Å². The van der Waals surface area contributed by atoms with Crippen molar-refractivity contribution in [1.29, 1.82) is 0 Å². The zero-order valence-corrected chi connectivity index (χ0v) is 22.1. The number of nitrogens with one attached hydrogen (secondary N) is 1. The molecule has 3 aromatic carbocycles. The van der Waals surface area contributed by atoms with Crippen LogP contribution in [0.3, 0.4) is 0 Å². The minimum Gasteiger partial charge on any atom is -0.357 e. The summed E-state index contributed by atoms with van der Waals surface area (Å²) in [4.78, 5) is 28.0. The lowest BCUT2D eigenvalue weighted by Gasteiger charge is -2.33. The molecular formula is C27H30ClN3O4S. The van der Waals surface area contributed by atoms with Crippen LogP contribution in [-0.4, -0.2) is 44.8 Å². The Balaban J connectivity index is 2.07. The molecule has 0 radical (unpaired) electrons. The maximum atomic E-state index is 13.8. The van der Waals surface area contributed by atoms with Crippen LogP contribution in [0, 0.1) is 6.92 Å². The number of amides is 2. The van der Waals surface area contributed by atoms with Gasteiger partial charge in [0.05, 0.1) is 10.6 Å². The quantitative estimate of drug-likeness (QED) is 0.423. The van der Waals surface area contributed by atoms with Gasteiger partial charge in [-0.3, -0.25) is 13.9 Å². The monoisotopic (exact) mass is 527 g/mol. The average Bonchev–Trinajstić information content (AvgIpc) is 2.88. The first-order valence-electron chi connectivity index (χ1n) is 11.6. The van der Waals surface area contributed by atoms with Gasteiger partial charge in [-0.1, -0.05) is 67.1 Å². The van der Waals surface area contributed by atoms with E-state index in [0.717, 1.165) is 9.87 Å². The molecule has 0 bridgehead atoms. The second kappa shape index (κ2) is 12.1. The molecule has 7 nitrogen and oxygen atoms in total. The Hall–Kier alpha value is -3.36. The molecule has 0 heterocycles. The van der Waals surface area contributed by atoms with Gasteiger partial charge < -0.3 is 10.2 Å². The molecular weight excluding hydrogens is 498 g/mol. The summed E-state index contributed by atoms with van der Waals surface area (Å²) in [6.07, 6.45) is 0.365. The Labute approximate surface area is 217 Å². The fourth-order valence-electron chi connectivity index (χ4n) is 4.00. The first-order valence-corrected chi connectivity index (χ1v) is 13.4. The molecule has 0 spiro atoms.